The normalized spacial score (nSPS) is 19.9. The Labute approximate surface area is 264 Å². The molecule has 0 amide bonds. The number of allylic oxidation sites excluding steroid dienone is 2. The fourth-order valence-electron chi connectivity index (χ4n) is 7.77. The second kappa shape index (κ2) is 12.0. The van der Waals surface area contributed by atoms with Crippen molar-refractivity contribution < 1.29 is 15.6 Å². The third-order valence-corrected chi connectivity index (χ3v) is 62.4. The number of halogens is 2. The minimum absolute atomic E-state index is 0.140. The Bertz CT molecular complexity index is 1540. The van der Waals surface area contributed by atoms with Crippen molar-refractivity contribution in [2.45, 2.75) is 93.5 Å². The molecule has 2 aliphatic rings. The topological polar surface area (TPSA) is 0 Å². The first-order chi connectivity index (χ1) is 19.8. The van der Waals surface area contributed by atoms with E-state index < -0.39 is 21.5 Å². The Morgan fingerprint density at radius 1 is 0.738 bits per heavy atom. The van der Waals surface area contributed by atoms with E-state index in [0.717, 1.165) is 12.8 Å². The summed E-state index contributed by atoms with van der Waals surface area (Å²) in [6.45, 7) is 21.1. The van der Waals surface area contributed by atoms with Gasteiger partial charge in [-0.2, -0.15) is 0 Å². The van der Waals surface area contributed by atoms with E-state index in [1.54, 1.807) is 0 Å². The van der Waals surface area contributed by atoms with Crippen molar-refractivity contribution in [3.63, 3.8) is 0 Å². The van der Waals surface area contributed by atoms with E-state index in [0.29, 0.717) is 17.8 Å². The van der Waals surface area contributed by atoms with E-state index in [1.165, 1.54) is 55.7 Å². The van der Waals surface area contributed by atoms with Crippen LogP contribution >= 0.6 is 17.0 Å². The molecule has 42 heavy (non-hydrogen) atoms. The van der Waals surface area contributed by atoms with Gasteiger partial charge in [-0.15, -0.1) is 0 Å². The van der Waals surface area contributed by atoms with E-state index in [4.69, 9.17) is 17.0 Å². The Balaban J connectivity index is 1.75. The molecule has 0 spiro atoms. The molecule has 223 valence electrons. The average Bonchev–Trinajstić information content (AvgIpc) is 3.57. The summed E-state index contributed by atoms with van der Waals surface area (Å²) in [6.07, 6.45) is 7.09. The van der Waals surface area contributed by atoms with Crippen molar-refractivity contribution in [1.29, 1.82) is 0 Å². The van der Waals surface area contributed by atoms with Gasteiger partial charge in [0.25, 0.3) is 0 Å². The Hall–Kier alpha value is -1.18. The van der Waals surface area contributed by atoms with Gasteiger partial charge in [0.15, 0.2) is 0 Å². The van der Waals surface area contributed by atoms with Crippen molar-refractivity contribution in [2.24, 2.45) is 5.92 Å². The first kappa shape index (κ1) is 32.2. The molecule has 0 heterocycles. The number of hydrogen-bond donors (Lipinski definition) is 0. The number of fused-ring (bicyclic) bond motifs is 2. The van der Waals surface area contributed by atoms with Crippen molar-refractivity contribution >= 4 is 35.1 Å². The van der Waals surface area contributed by atoms with Gasteiger partial charge in [-0.3, -0.25) is 0 Å². The van der Waals surface area contributed by atoms with E-state index in [2.05, 4.69) is 134 Å². The Morgan fingerprint density at radius 3 is 1.90 bits per heavy atom. The SMILES string of the molecule is CCC1=Cc2c(-c3ccc(C(C)C)cc3)cccc2[CH]1[Zr]([Cl])([Cl])([CH]1C(C(C)C)=Cc2c(C(C)CC)cccc21)[SiH](C)C. The Kier molecular flexibility index (Phi) is 9.18. The van der Waals surface area contributed by atoms with E-state index in [9.17, 15) is 0 Å². The molecule has 3 unspecified atom stereocenters. The number of hydrogen-bond acceptors (Lipinski definition) is 0. The van der Waals surface area contributed by atoms with Gasteiger partial charge >= 0.3 is 266 Å². The molecular formula is C38H49Cl2SiZr. The standard InChI is InChI=1S/C20H21.C16H21.C2H7Si.2ClH.Zr/c1-4-15-12-18-6-5-7-19(20(18)13-15)17-10-8-16(9-11-17)14(2)3;1-5-12(4)15-8-6-7-13-9-14(11(2)3)10-16(13)15;1-3-2;;;/h5-14H,4H2,1-3H3;6-12H,5H2,1-4H3;3H,1-2H3;2*1H;/q;;;;;+2/p-2. The van der Waals surface area contributed by atoms with Crippen LogP contribution in [0.3, 0.4) is 0 Å². The van der Waals surface area contributed by atoms with Gasteiger partial charge in [-0.25, -0.2) is 0 Å². The van der Waals surface area contributed by atoms with Crippen molar-refractivity contribution in [3.05, 3.63) is 105 Å². The maximum atomic E-state index is 8.58. The molecule has 0 radical (unpaired) electrons. The molecule has 0 saturated carbocycles. The number of benzene rings is 3. The monoisotopic (exact) mass is 693 g/mol. The van der Waals surface area contributed by atoms with E-state index in [-0.39, 0.29) is 7.25 Å². The first-order valence-corrected chi connectivity index (χ1v) is 32.5. The molecule has 0 bridgehead atoms. The van der Waals surface area contributed by atoms with Crippen LogP contribution in [0.5, 0.6) is 0 Å². The molecule has 3 atom stereocenters. The summed E-state index contributed by atoms with van der Waals surface area (Å²) in [7, 11) is 17.2. The molecule has 4 heteroatoms. The molecule has 0 N–H and O–H groups in total. The van der Waals surface area contributed by atoms with Crippen molar-refractivity contribution in [1.82, 2.24) is 0 Å². The van der Waals surface area contributed by atoms with Crippen molar-refractivity contribution in [3.8, 4) is 11.1 Å². The fraction of sp³-hybridized carbons (Fsp3) is 0.421. The van der Waals surface area contributed by atoms with Crippen LogP contribution in [0, 0.1) is 5.92 Å². The van der Waals surface area contributed by atoms with Crippen LogP contribution in [0.2, 0.25) is 13.1 Å². The summed E-state index contributed by atoms with van der Waals surface area (Å²) in [5.74, 6) is -0.144. The summed E-state index contributed by atoms with van der Waals surface area (Å²) in [5, 5.41) is 0. The maximum absolute atomic E-state index is 8.58. The van der Waals surface area contributed by atoms with Gasteiger partial charge in [0.2, 0.25) is 0 Å². The fourth-order valence-corrected chi connectivity index (χ4v) is 39.4. The summed E-state index contributed by atoms with van der Waals surface area (Å²) in [5.41, 5.74) is 13.9. The van der Waals surface area contributed by atoms with Gasteiger partial charge < -0.3 is 0 Å². The molecular weight excluding hydrogens is 647 g/mol. The zero-order valence-corrected chi connectivity index (χ0v) is 32.2. The molecule has 3 aromatic carbocycles. The van der Waals surface area contributed by atoms with Crippen LogP contribution in [0.1, 0.15) is 114 Å². The predicted octanol–water partition coefficient (Wildman–Crippen LogP) is 12.6. The minimum atomic E-state index is -4.72. The predicted molar refractivity (Wildman–Crippen MR) is 188 cm³/mol. The second-order valence-electron chi connectivity index (χ2n) is 13.9. The summed E-state index contributed by atoms with van der Waals surface area (Å²) in [6, 6.07) is 23.0. The summed E-state index contributed by atoms with van der Waals surface area (Å²) in [4.78, 5) is 0. The van der Waals surface area contributed by atoms with Gasteiger partial charge in [0.1, 0.15) is 0 Å². The molecule has 0 aromatic heterocycles. The molecule has 0 aliphatic heterocycles. The van der Waals surface area contributed by atoms with E-state index >= 15 is 0 Å². The molecule has 0 fully saturated rings. The van der Waals surface area contributed by atoms with Crippen LogP contribution < -0.4 is 0 Å². The molecule has 5 rings (SSSR count). The first-order valence-electron chi connectivity index (χ1n) is 16.2. The average molecular weight is 696 g/mol. The van der Waals surface area contributed by atoms with Gasteiger partial charge in [0.05, 0.1) is 0 Å². The van der Waals surface area contributed by atoms with Gasteiger partial charge in [-0.05, 0) is 0 Å². The van der Waals surface area contributed by atoms with Crippen LogP contribution in [0.15, 0.2) is 71.8 Å². The van der Waals surface area contributed by atoms with Crippen molar-refractivity contribution in [2.75, 3.05) is 0 Å². The zero-order valence-electron chi connectivity index (χ0n) is 27.1. The second-order valence-corrected chi connectivity index (χ2v) is 56.4. The van der Waals surface area contributed by atoms with Crippen LogP contribution in [0.25, 0.3) is 23.3 Å². The quantitative estimate of drug-likeness (QED) is 0.196. The molecule has 3 aromatic rings. The van der Waals surface area contributed by atoms with Gasteiger partial charge in [0, 0.05) is 0 Å². The molecule has 2 aliphatic carbocycles. The van der Waals surface area contributed by atoms with Crippen LogP contribution in [0.4, 0.5) is 0 Å². The summed E-state index contributed by atoms with van der Waals surface area (Å²) >= 11 is -4.72. The zero-order chi connectivity index (χ0) is 30.6. The van der Waals surface area contributed by atoms with Crippen LogP contribution in [-0.2, 0) is 15.6 Å². The Morgan fingerprint density at radius 2 is 1.36 bits per heavy atom. The number of rotatable bonds is 9. The summed E-state index contributed by atoms with van der Waals surface area (Å²) < 4.78 is 0.294. The third kappa shape index (κ3) is 5.05. The molecule has 0 nitrogen and oxygen atoms in total. The molecule has 0 saturated heterocycles. The van der Waals surface area contributed by atoms with E-state index in [1.807, 2.05) is 0 Å². The third-order valence-electron chi connectivity index (χ3n) is 10.6. The van der Waals surface area contributed by atoms with Crippen LogP contribution in [-0.4, -0.2) is 5.92 Å². The van der Waals surface area contributed by atoms with Gasteiger partial charge in [-0.1, -0.05) is 0 Å².